The molecule has 11 aliphatic rings. The molecule has 12 atom stereocenters. The molecule has 2 aromatic rings. The molecule has 2 aromatic carbocycles. The van der Waals surface area contributed by atoms with Gasteiger partial charge in [0.1, 0.15) is 0 Å². The molecule has 2 fully saturated rings. The number of allylic oxidation sites excluding steroid dienone is 24. The van der Waals surface area contributed by atoms with E-state index in [9.17, 15) is 0 Å². The van der Waals surface area contributed by atoms with Crippen LogP contribution in [0.5, 0.6) is 0 Å². The Morgan fingerprint density at radius 3 is 2.30 bits per heavy atom. The van der Waals surface area contributed by atoms with Gasteiger partial charge in [0.15, 0.2) is 0 Å². The number of likely N-dealkylation sites (tertiary alicyclic amines) is 1. The maximum absolute atomic E-state index is 2.96. The van der Waals surface area contributed by atoms with Crippen molar-refractivity contribution in [1.29, 1.82) is 0 Å². The van der Waals surface area contributed by atoms with Crippen LogP contribution in [0.3, 0.4) is 0 Å². The van der Waals surface area contributed by atoms with Gasteiger partial charge in [-0.1, -0.05) is 170 Å². The molecule has 69 heavy (non-hydrogen) atoms. The van der Waals surface area contributed by atoms with Crippen LogP contribution in [0.15, 0.2) is 191 Å². The van der Waals surface area contributed by atoms with Crippen molar-refractivity contribution in [3.8, 4) is 0 Å². The molecule has 13 rings (SSSR count). The highest BCUT2D eigenvalue weighted by molar-refractivity contribution is 5.68. The molecule has 0 aromatic heterocycles. The fourth-order valence-corrected chi connectivity index (χ4v) is 16.4. The first kappa shape index (κ1) is 44.1. The molecule has 0 N–H and O–H groups in total. The van der Waals surface area contributed by atoms with Crippen molar-refractivity contribution < 1.29 is 0 Å². The first-order valence-electron chi connectivity index (χ1n) is 28.4. The number of benzene rings is 2. The summed E-state index contributed by atoms with van der Waals surface area (Å²) in [5.74, 6) is 7.40. The SMILES string of the molecule is C1=CCC(C2C=C(c3ccccc3)CC(c3ccc(C4CC5=C(CC(C6CC=C7C(C6)C6CCCCC6N7C6=CC=C(C7CC=CC(C8C=CCCC8)C7)CC6)C=C5)C5=C4CCC=C5)cc3)C2)C=C1. The summed E-state index contributed by atoms with van der Waals surface area (Å²) >= 11 is 0. The average Bonchev–Trinajstić information content (AvgIpc) is 3.77. The monoisotopic (exact) mass is 908 g/mol. The minimum absolute atomic E-state index is 0.486. The zero-order valence-corrected chi connectivity index (χ0v) is 41.5. The number of hydrogen-bond acceptors (Lipinski definition) is 1. The van der Waals surface area contributed by atoms with Crippen LogP contribution in [-0.2, 0) is 0 Å². The highest BCUT2D eigenvalue weighted by atomic mass is 15.2. The van der Waals surface area contributed by atoms with E-state index in [1.165, 1.54) is 131 Å². The van der Waals surface area contributed by atoms with Gasteiger partial charge < -0.3 is 4.90 Å². The summed E-state index contributed by atoms with van der Waals surface area (Å²) in [6, 6.07) is 22.1. The molecule has 1 heterocycles. The molecule has 1 heteroatoms. The molecule has 354 valence electrons. The van der Waals surface area contributed by atoms with Crippen molar-refractivity contribution in [2.45, 2.75) is 146 Å². The maximum atomic E-state index is 2.96. The standard InChI is InChI=1S/C68H77N/c1-4-15-46(16-5-1)52-21-14-22-53(39-52)49-33-36-60(37-34-49)69-67-26-13-12-25-63(67)66-44-55(35-38-68(66)69)54-31-32-56-45-64(61-23-10-11-24-62(61)65(56)43-54)51-29-27-50(28-30-51)59-41-57(47-17-6-2-7-18-47)40-58(42-59)48-19-8-3-9-20-48/h2-4,6-9,11,14-15,17-19,21,24,27-33,36,38,40,46,48,52-55,58-59,63-64,66-67H,1,5,10,12-13,16,20,22-23,25-26,34-35,37,39,41-45H2. The Morgan fingerprint density at radius 2 is 1.45 bits per heavy atom. The van der Waals surface area contributed by atoms with Crippen molar-refractivity contribution in [2.24, 2.45) is 53.3 Å². The number of fused-ring (bicyclic) bond motifs is 4. The van der Waals surface area contributed by atoms with Gasteiger partial charge in [-0.05, 0) is 214 Å². The zero-order chi connectivity index (χ0) is 45.7. The summed E-state index contributed by atoms with van der Waals surface area (Å²) < 4.78 is 0. The first-order valence-corrected chi connectivity index (χ1v) is 28.4. The van der Waals surface area contributed by atoms with Crippen LogP contribution in [0.2, 0.25) is 0 Å². The van der Waals surface area contributed by atoms with Crippen LogP contribution in [0.1, 0.15) is 157 Å². The molecule has 0 radical (unpaired) electrons. The van der Waals surface area contributed by atoms with E-state index in [0.717, 1.165) is 60.8 Å². The van der Waals surface area contributed by atoms with Crippen LogP contribution >= 0.6 is 0 Å². The van der Waals surface area contributed by atoms with E-state index in [2.05, 4.69) is 157 Å². The third kappa shape index (κ3) is 8.65. The van der Waals surface area contributed by atoms with Crippen molar-refractivity contribution >= 4 is 5.57 Å². The Labute approximate surface area is 415 Å². The van der Waals surface area contributed by atoms with Crippen molar-refractivity contribution in [3.63, 3.8) is 0 Å². The molecule has 10 aliphatic carbocycles. The minimum atomic E-state index is 0.486. The van der Waals surface area contributed by atoms with Crippen molar-refractivity contribution in [2.75, 3.05) is 0 Å². The summed E-state index contributed by atoms with van der Waals surface area (Å²) in [5.41, 5.74) is 17.8. The van der Waals surface area contributed by atoms with Gasteiger partial charge >= 0.3 is 0 Å². The number of rotatable bonds is 8. The lowest BCUT2D eigenvalue weighted by molar-refractivity contribution is 0.197. The second-order valence-electron chi connectivity index (χ2n) is 23.6. The predicted octanol–water partition coefficient (Wildman–Crippen LogP) is 17.7. The quantitative estimate of drug-likeness (QED) is 0.239. The summed E-state index contributed by atoms with van der Waals surface area (Å²) in [6.45, 7) is 0. The fourth-order valence-electron chi connectivity index (χ4n) is 16.4. The molecule has 12 unspecified atom stereocenters. The molecular weight excluding hydrogens is 831 g/mol. The highest BCUT2D eigenvalue weighted by Gasteiger charge is 2.49. The Hall–Kier alpha value is -4.88. The van der Waals surface area contributed by atoms with Crippen LogP contribution < -0.4 is 0 Å². The van der Waals surface area contributed by atoms with Gasteiger partial charge in [0, 0.05) is 29.3 Å². The molecule has 1 nitrogen and oxygen atoms in total. The topological polar surface area (TPSA) is 3.24 Å². The predicted molar refractivity (Wildman–Crippen MR) is 289 cm³/mol. The summed E-state index contributed by atoms with van der Waals surface area (Å²) in [4.78, 5) is 2.96. The van der Waals surface area contributed by atoms with Crippen molar-refractivity contribution in [1.82, 2.24) is 4.90 Å². The molecule has 0 spiro atoms. The van der Waals surface area contributed by atoms with Gasteiger partial charge in [0.25, 0.3) is 0 Å². The van der Waals surface area contributed by atoms with Crippen molar-refractivity contribution in [3.05, 3.63) is 208 Å². The molecule has 0 amide bonds. The molecule has 0 bridgehead atoms. The summed E-state index contributed by atoms with van der Waals surface area (Å²) in [7, 11) is 0. The highest BCUT2D eigenvalue weighted by Crippen LogP contribution is 2.56. The van der Waals surface area contributed by atoms with E-state index >= 15 is 0 Å². The lowest BCUT2D eigenvalue weighted by atomic mass is 9.65. The van der Waals surface area contributed by atoms with Crippen LogP contribution in [0.25, 0.3) is 5.57 Å². The fraction of sp³-hybridized carbons (Fsp3) is 0.471. The molecular formula is C68H77N. The zero-order valence-electron chi connectivity index (χ0n) is 41.5. The van der Waals surface area contributed by atoms with E-state index in [4.69, 9.17) is 0 Å². The third-order valence-corrected chi connectivity index (χ3v) is 20.0. The van der Waals surface area contributed by atoms with Crippen LogP contribution in [0, 0.1) is 53.3 Å². The van der Waals surface area contributed by atoms with Crippen LogP contribution in [-0.4, -0.2) is 10.9 Å². The lowest BCUT2D eigenvalue weighted by Gasteiger charge is -2.39. The van der Waals surface area contributed by atoms with Gasteiger partial charge in [-0.15, -0.1) is 0 Å². The maximum Gasteiger partial charge on any atom is 0.0370 e. The Kier molecular flexibility index (Phi) is 12.4. The Balaban J connectivity index is 0.702. The Morgan fingerprint density at radius 1 is 0.565 bits per heavy atom. The number of hydrogen-bond donors (Lipinski definition) is 0. The third-order valence-electron chi connectivity index (χ3n) is 20.0. The van der Waals surface area contributed by atoms with Gasteiger partial charge in [-0.2, -0.15) is 0 Å². The minimum Gasteiger partial charge on any atom is -0.345 e. The number of nitrogens with zero attached hydrogens (tertiary/aromatic N) is 1. The normalized spacial score (nSPS) is 36.0. The molecule has 1 aliphatic heterocycles. The lowest BCUT2D eigenvalue weighted by Crippen LogP contribution is -2.34. The van der Waals surface area contributed by atoms with Crippen LogP contribution in [0.4, 0.5) is 0 Å². The van der Waals surface area contributed by atoms with Gasteiger partial charge in [-0.3, -0.25) is 0 Å². The second kappa shape index (κ2) is 19.4. The summed E-state index contributed by atoms with van der Waals surface area (Å²) in [6.07, 6.45) is 66.1. The Bertz CT molecular complexity index is 2640. The molecule has 1 saturated carbocycles. The van der Waals surface area contributed by atoms with E-state index in [1.54, 1.807) is 39.3 Å². The summed E-state index contributed by atoms with van der Waals surface area (Å²) in [5, 5.41) is 0. The van der Waals surface area contributed by atoms with E-state index in [-0.39, 0.29) is 0 Å². The van der Waals surface area contributed by atoms with Gasteiger partial charge in [0.2, 0.25) is 0 Å². The van der Waals surface area contributed by atoms with Gasteiger partial charge in [0.05, 0.1) is 0 Å². The second-order valence-corrected chi connectivity index (χ2v) is 23.6. The smallest absolute Gasteiger partial charge is 0.0370 e. The largest absolute Gasteiger partial charge is 0.345 e. The van der Waals surface area contributed by atoms with E-state index in [1.807, 2.05) is 0 Å². The van der Waals surface area contributed by atoms with E-state index < -0.39 is 0 Å². The first-order chi connectivity index (χ1) is 34.2. The van der Waals surface area contributed by atoms with E-state index in [0.29, 0.717) is 29.6 Å². The molecule has 1 saturated heterocycles. The van der Waals surface area contributed by atoms with Gasteiger partial charge in [-0.25, -0.2) is 0 Å². The average molecular weight is 908 g/mol.